The molecule has 0 fully saturated rings. The lowest BCUT2D eigenvalue weighted by Crippen LogP contribution is -2.10. The number of anilines is 3. The molecule has 0 saturated heterocycles. The highest BCUT2D eigenvalue weighted by Crippen LogP contribution is 2.46. The van der Waals surface area contributed by atoms with E-state index in [0.717, 1.165) is 50.2 Å². The summed E-state index contributed by atoms with van der Waals surface area (Å²) in [6, 6.07) is 74.2. The first kappa shape index (κ1) is 32.8. The van der Waals surface area contributed by atoms with Gasteiger partial charge in [-0.15, -0.1) is 11.3 Å². The molecule has 0 spiro atoms. The number of hydrogen-bond acceptors (Lipinski definition) is 3. The van der Waals surface area contributed by atoms with Crippen LogP contribution in [0.2, 0.25) is 0 Å². The van der Waals surface area contributed by atoms with Crippen molar-refractivity contribution in [1.29, 1.82) is 0 Å². The van der Waals surface area contributed by atoms with Gasteiger partial charge in [-0.1, -0.05) is 152 Å². The highest BCUT2D eigenvalue weighted by molar-refractivity contribution is 7.26. The van der Waals surface area contributed by atoms with Gasteiger partial charge in [-0.2, -0.15) is 0 Å². The van der Waals surface area contributed by atoms with Gasteiger partial charge in [-0.3, -0.25) is 0 Å². The molecule has 272 valence electrons. The van der Waals surface area contributed by atoms with E-state index in [4.69, 9.17) is 4.42 Å². The fourth-order valence-electron chi connectivity index (χ4n) is 8.97. The zero-order chi connectivity index (χ0) is 38.2. The number of aromatic nitrogens is 1. The third kappa shape index (κ3) is 5.05. The summed E-state index contributed by atoms with van der Waals surface area (Å²) in [6.45, 7) is 0. The Kier molecular flexibility index (Phi) is 7.40. The molecule has 9 aromatic carbocycles. The zero-order valence-corrected chi connectivity index (χ0v) is 32.2. The van der Waals surface area contributed by atoms with E-state index in [2.05, 4.69) is 210 Å². The number of furan rings is 1. The van der Waals surface area contributed by atoms with Crippen LogP contribution in [0.25, 0.3) is 91.9 Å². The maximum Gasteiger partial charge on any atom is 0.159 e. The van der Waals surface area contributed by atoms with Crippen LogP contribution >= 0.6 is 11.3 Å². The molecule has 0 amide bonds. The van der Waals surface area contributed by atoms with Crippen LogP contribution in [-0.2, 0) is 0 Å². The topological polar surface area (TPSA) is 21.3 Å². The predicted octanol–water partition coefficient (Wildman–Crippen LogP) is 15.9. The maximum atomic E-state index is 6.70. The lowest BCUT2D eigenvalue weighted by Gasteiger charge is -2.26. The Morgan fingerprint density at radius 1 is 0.397 bits per heavy atom. The van der Waals surface area contributed by atoms with E-state index in [1.807, 2.05) is 17.4 Å². The Bertz CT molecular complexity index is 3500. The quantitative estimate of drug-likeness (QED) is 0.168. The minimum absolute atomic E-state index is 0.862. The molecule has 0 bridgehead atoms. The van der Waals surface area contributed by atoms with Crippen LogP contribution in [-0.4, -0.2) is 4.57 Å². The number of benzene rings is 9. The standard InChI is InChI=1S/C54H34N2OS/c1-3-14-35(15-4-1)40-20-11-23-46-47-24-12-21-41(54(47)58-53(40)46)36-28-30-38(31-29-36)55(49-26-13-22-45-44-19-8-10-27-51(44)57-52(45)49)39-32-33-43-42-18-7-9-25-48(42)56(50(43)34-39)37-16-5-2-6-17-37/h1-34H. The van der Waals surface area contributed by atoms with E-state index < -0.39 is 0 Å². The molecule has 58 heavy (non-hydrogen) atoms. The average molecular weight is 759 g/mol. The second-order valence-electron chi connectivity index (χ2n) is 14.9. The van der Waals surface area contributed by atoms with Crippen molar-refractivity contribution in [3.05, 3.63) is 206 Å². The van der Waals surface area contributed by atoms with Crippen molar-refractivity contribution in [2.75, 3.05) is 4.90 Å². The van der Waals surface area contributed by atoms with Gasteiger partial charge < -0.3 is 13.9 Å². The average Bonchev–Trinajstić information content (AvgIpc) is 3.97. The molecule has 0 unspecified atom stereocenters. The Balaban J connectivity index is 1.05. The first-order valence-electron chi connectivity index (χ1n) is 19.7. The number of hydrogen-bond donors (Lipinski definition) is 0. The van der Waals surface area contributed by atoms with E-state index in [9.17, 15) is 0 Å². The Hall–Kier alpha value is -7.40. The van der Waals surface area contributed by atoms with Crippen LogP contribution in [0, 0.1) is 0 Å². The van der Waals surface area contributed by atoms with Crippen molar-refractivity contribution in [3.8, 4) is 27.9 Å². The van der Waals surface area contributed by atoms with Gasteiger partial charge >= 0.3 is 0 Å². The van der Waals surface area contributed by atoms with Crippen molar-refractivity contribution in [2.24, 2.45) is 0 Å². The van der Waals surface area contributed by atoms with Gasteiger partial charge in [-0.25, -0.2) is 0 Å². The van der Waals surface area contributed by atoms with Crippen molar-refractivity contribution in [1.82, 2.24) is 4.57 Å². The second-order valence-corrected chi connectivity index (χ2v) is 15.9. The number of para-hydroxylation sites is 4. The molecule has 4 heteroatoms. The monoisotopic (exact) mass is 758 g/mol. The van der Waals surface area contributed by atoms with Crippen LogP contribution in [0.1, 0.15) is 0 Å². The van der Waals surface area contributed by atoms with E-state index >= 15 is 0 Å². The van der Waals surface area contributed by atoms with Crippen LogP contribution in [0.3, 0.4) is 0 Å². The van der Waals surface area contributed by atoms with Crippen molar-refractivity contribution < 1.29 is 4.42 Å². The number of fused-ring (bicyclic) bond motifs is 9. The molecule has 0 atom stereocenters. The summed E-state index contributed by atoms with van der Waals surface area (Å²) in [5.74, 6) is 0. The molecule has 12 rings (SSSR count). The smallest absolute Gasteiger partial charge is 0.159 e. The molecule has 3 aromatic heterocycles. The summed E-state index contributed by atoms with van der Waals surface area (Å²) in [4.78, 5) is 2.35. The lowest BCUT2D eigenvalue weighted by atomic mass is 10.00. The number of nitrogens with zero attached hydrogens (tertiary/aromatic N) is 2. The van der Waals surface area contributed by atoms with Crippen molar-refractivity contribution in [3.63, 3.8) is 0 Å². The molecular weight excluding hydrogens is 725 g/mol. The Morgan fingerprint density at radius 3 is 1.72 bits per heavy atom. The highest BCUT2D eigenvalue weighted by Gasteiger charge is 2.22. The number of thiophene rings is 1. The van der Waals surface area contributed by atoms with E-state index in [1.54, 1.807) is 0 Å². The van der Waals surface area contributed by atoms with Crippen LogP contribution in [0.15, 0.2) is 211 Å². The van der Waals surface area contributed by atoms with Gasteiger partial charge in [0.2, 0.25) is 0 Å². The fourth-order valence-corrected chi connectivity index (χ4v) is 10.3. The minimum Gasteiger partial charge on any atom is -0.454 e. The molecule has 0 radical (unpaired) electrons. The normalized spacial score (nSPS) is 11.8. The van der Waals surface area contributed by atoms with Crippen LogP contribution < -0.4 is 4.90 Å². The predicted molar refractivity (Wildman–Crippen MR) is 247 cm³/mol. The van der Waals surface area contributed by atoms with E-state index in [-0.39, 0.29) is 0 Å². The minimum atomic E-state index is 0.862. The SMILES string of the molecule is c1ccc(-c2cccc3c2sc2c(-c4ccc(N(c5ccc6c7ccccc7n(-c7ccccc7)c6c5)c5cccc6c5oc5ccccc56)cc4)cccc23)cc1. The van der Waals surface area contributed by atoms with Gasteiger partial charge in [0.05, 0.1) is 16.7 Å². The second kappa shape index (κ2) is 13.1. The van der Waals surface area contributed by atoms with E-state index in [0.29, 0.717) is 0 Å². The molecule has 3 nitrogen and oxygen atoms in total. The highest BCUT2D eigenvalue weighted by atomic mass is 32.1. The maximum absolute atomic E-state index is 6.70. The summed E-state index contributed by atoms with van der Waals surface area (Å²) in [5, 5.41) is 7.25. The molecule has 0 aliphatic carbocycles. The van der Waals surface area contributed by atoms with Gasteiger partial charge in [0.25, 0.3) is 0 Å². The van der Waals surface area contributed by atoms with E-state index in [1.165, 1.54) is 58.7 Å². The summed E-state index contributed by atoms with van der Waals surface area (Å²) in [5.41, 5.74) is 13.2. The van der Waals surface area contributed by atoms with Crippen LogP contribution in [0.5, 0.6) is 0 Å². The van der Waals surface area contributed by atoms with Crippen molar-refractivity contribution in [2.45, 2.75) is 0 Å². The summed E-state index contributed by atoms with van der Waals surface area (Å²) in [7, 11) is 0. The summed E-state index contributed by atoms with van der Waals surface area (Å²) in [6.07, 6.45) is 0. The molecule has 0 saturated carbocycles. The Morgan fingerprint density at radius 2 is 0.966 bits per heavy atom. The molecule has 3 heterocycles. The van der Waals surface area contributed by atoms with Gasteiger partial charge in [0.1, 0.15) is 5.58 Å². The van der Waals surface area contributed by atoms with Gasteiger partial charge in [0, 0.05) is 58.8 Å². The van der Waals surface area contributed by atoms with Crippen LogP contribution in [0.4, 0.5) is 17.1 Å². The molecular formula is C54H34N2OS. The number of rotatable bonds is 6. The first-order chi connectivity index (χ1) is 28.8. The van der Waals surface area contributed by atoms with Gasteiger partial charge in [0.15, 0.2) is 5.58 Å². The third-order valence-corrected chi connectivity index (χ3v) is 12.9. The third-order valence-electron chi connectivity index (χ3n) is 11.6. The summed E-state index contributed by atoms with van der Waals surface area (Å²) < 4.78 is 11.7. The molecule has 0 aliphatic rings. The first-order valence-corrected chi connectivity index (χ1v) is 20.5. The lowest BCUT2D eigenvalue weighted by molar-refractivity contribution is 0.669. The largest absolute Gasteiger partial charge is 0.454 e. The zero-order valence-electron chi connectivity index (χ0n) is 31.3. The summed E-state index contributed by atoms with van der Waals surface area (Å²) >= 11 is 1.89. The fraction of sp³-hybridized carbons (Fsp3) is 0. The molecule has 0 aliphatic heterocycles. The van der Waals surface area contributed by atoms with Gasteiger partial charge in [-0.05, 0) is 76.9 Å². The molecule has 0 N–H and O–H groups in total. The van der Waals surface area contributed by atoms with Crippen molar-refractivity contribution >= 4 is 92.3 Å². The Labute approximate surface area is 338 Å². The molecule has 12 aromatic rings.